The fourth-order valence-corrected chi connectivity index (χ4v) is 1.93. The smallest absolute Gasteiger partial charge is 0.233 e. The van der Waals surface area contributed by atoms with E-state index in [1.54, 1.807) is 0 Å². The lowest BCUT2D eigenvalue weighted by atomic mass is 10.00. The van der Waals surface area contributed by atoms with Crippen molar-refractivity contribution in [1.82, 2.24) is 10.6 Å². The Balaban J connectivity index is 2.14. The fraction of sp³-hybridized carbons (Fsp3) is 0.750. The van der Waals surface area contributed by atoms with Crippen molar-refractivity contribution in [2.24, 2.45) is 5.92 Å². The molecule has 90 valence electrons. The van der Waals surface area contributed by atoms with Gasteiger partial charge in [0.05, 0.1) is 19.2 Å². The van der Waals surface area contributed by atoms with Crippen LogP contribution in [0.15, 0.2) is 0 Å². The summed E-state index contributed by atoms with van der Waals surface area (Å²) in [6.07, 6.45) is 7.42. The van der Waals surface area contributed by atoms with E-state index in [9.17, 15) is 4.79 Å². The van der Waals surface area contributed by atoms with E-state index in [0.29, 0.717) is 25.1 Å². The number of amides is 1. The molecule has 0 radical (unpaired) electrons. The van der Waals surface area contributed by atoms with Gasteiger partial charge in [0.1, 0.15) is 0 Å². The molecule has 2 N–H and O–H groups in total. The van der Waals surface area contributed by atoms with Gasteiger partial charge in [-0.15, -0.1) is 6.42 Å². The zero-order valence-corrected chi connectivity index (χ0v) is 9.79. The van der Waals surface area contributed by atoms with Crippen molar-refractivity contribution in [3.05, 3.63) is 0 Å². The first kappa shape index (κ1) is 13.0. The zero-order chi connectivity index (χ0) is 11.8. The van der Waals surface area contributed by atoms with Crippen LogP contribution < -0.4 is 10.6 Å². The Morgan fingerprint density at radius 3 is 3.12 bits per heavy atom. The van der Waals surface area contributed by atoms with E-state index in [0.717, 1.165) is 19.4 Å². The largest absolute Gasteiger partial charge is 0.378 e. The van der Waals surface area contributed by atoms with Crippen molar-refractivity contribution < 1.29 is 9.53 Å². The quantitative estimate of drug-likeness (QED) is 0.498. The normalized spacial score (nSPS) is 24.0. The van der Waals surface area contributed by atoms with Gasteiger partial charge in [-0.1, -0.05) is 12.8 Å². The lowest BCUT2D eigenvalue weighted by molar-refractivity contribution is -0.120. The molecule has 0 aromatic rings. The summed E-state index contributed by atoms with van der Waals surface area (Å²) < 4.78 is 5.55. The van der Waals surface area contributed by atoms with Gasteiger partial charge in [-0.3, -0.25) is 10.1 Å². The zero-order valence-electron chi connectivity index (χ0n) is 9.79. The molecule has 1 amide bonds. The predicted octanol–water partition coefficient (Wildman–Crippen LogP) is 0.140. The molecule has 0 aliphatic carbocycles. The van der Waals surface area contributed by atoms with Crippen LogP contribution in [-0.4, -0.2) is 38.3 Å². The Hall–Kier alpha value is -1.05. The molecule has 0 saturated carbocycles. The second-order valence-electron chi connectivity index (χ2n) is 3.98. The molecule has 0 spiro atoms. The van der Waals surface area contributed by atoms with Crippen LogP contribution in [0.3, 0.4) is 0 Å². The third-order valence-corrected chi connectivity index (χ3v) is 2.82. The number of ether oxygens (including phenoxy) is 1. The van der Waals surface area contributed by atoms with Crippen molar-refractivity contribution in [2.45, 2.75) is 25.9 Å². The van der Waals surface area contributed by atoms with Crippen LogP contribution in [0.2, 0.25) is 0 Å². The van der Waals surface area contributed by atoms with Crippen molar-refractivity contribution in [1.29, 1.82) is 0 Å². The van der Waals surface area contributed by atoms with Gasteiger partial charge in [0, 0.05) is 19.1 Å². The number of nitrogens with one attached hydrogen (secondary N) is 2. The Kier molecular flexibility index (Phi) is 5.91. The number of hydrogen-bond donors (Lipinski definition) is 2. The van der Waals surface area contributed by atoms with E-state index in [1.807, 2.05) is 0 Å². The van der Waals surface area contributed by atoms with Gasteiger partial charge < -0.3 is 10.1 Å². The summed E-state index contributed by atoms with van der Waals surface area (Å²) in [5.41, 5.74) is 0. The molecule has 1 saturated heterocycles. The van der Waals surface area contributed by atoms with E-state index < -0.39 is 0 Å². The molecule has 0 aromatic carbocycles. The molecular formula is C12H20N2O2. The number of terminal acetylenes is 1. The van der Waals surface area contributed by atoms with Crippen LogP contribution in [0, 0.1) is 18.3 Å². The molecule has 2 unspecified atom stereocenters. The first-order chi connectivity index (χ1) is 7.77. The molecule has 1 aliphatic heterocycles. The van der Waals surface area contributed by atoms with Crippen LogP contribution in [0.4, 0.5) is 0 Å². The summed E-state index contributed by atoms with van der Waals surface area (Å²) >= 11 is 0. The fourth-order valence-electron chi connectivity index (χ4n) is 1.93. The number of carbonyl (C=O) groups is 1. The number of rotatable bonds is 6. The molecular weight excluding hydrogens is 204 g/mol. The monoisotopic (exact) mass is 224 g/mol. The predicted molar refractivity (Wildman–Crippen MR) is 62.9 cm³/mol. The summed E-state index contributed by atoms with van der Waals surface area (Å²) in [7, 11) is 0. The lowest BCUT2D eigenvalue weighted by Crippen LogP contribution is -2.38. The van der Waals surface area contributed by atoms with Crippen LogP contribution in [0.25, 0.3) is 0 Å². The third-order valence-electron chi connectivity index (χ3n) is 2.82. The highest BCUT2D eigenvalue weighted by molar-refractivity contribution is 5.78. The lowest BCUT2D eigenvalue weighted by Gasteiger charge is -2.17. The van der Waals surface area contributed by atoms with Gasteiger partial charge in [-0.2, -0.15) is 0 Å². The van der Waals surface area contributed by atoms with Gasteiger partial charge >= 0.3 is 0 Å². The van der Waals surface area contributed by atoms with Crippen molar-refractivity contribution in [3.8, 4) is 12.3 Å². The summed E-state index contributed by atoms with van der Waals surface area (Å²) in [6, 6.07) is 0. The molecule has 1 heterocycles. The summed E-state index contributed by atoms with van der Waals surface area (Å²) in [5, 5.41) is 5.75. The second-order valence-corrected chi connectivity index (χ2v) is 3.98. The molecule has 1 rings (SSSR count). The van der Waals surface area contributed by atoms with E-state index >= 15 is 0 Å². The summed E-state index contributed by atoms with van der Waals surface area (Å²) in [5.74, 6) is 2.88. The maximum atomic E-state index is 11.4. The van der Waals surface area contributed by atoms with Crippen LogP contribution in [-0.2, 0) is 9.53 Å². The Morgan fingerprint density at radius 1 is 1.62 bits per heavy atom. The molecule has 1 aliphatic rings. The minimum Gasteiger partial charge on any atom is -0.378 e. The molecule has 1 fully saturated rings. The summed E-state index contributed by atoms with van der Waals surface area (Å²) in [4.78, 5) is 11.4. The first-order valence-corrected chi connectivity index (χ1v) is 5.80. The minimum absolute atomic E-state index is 0.00277. The van der Waals surface area contributed by atoms with E-state index in [2.05, 4.69) is 23.5 Å². The molecule has 16 heavy (non-hydrogen) atoms. The van der Waals surface area contributed by atoms with Gasteiger partial charge in [0.15, 0.2) is 0 Å². The number of hydrogen-bond acceptors (Lipinski definition) is 3. The Morgan fingerprint density at radius 2 is 2.44 bits per heavy atom. The Labute approximate surface area is 97.1 Å². The van der Waals surface area contributed by atoms with Gasteiger partial charge in [-0.25, -0.2) is 0 Å². The highest BCUT2D eigenvalue weighted by Crippen LogP contribution is 2.22. The summed E-state index contributed by atoms with van der Waals surface area (Å²) in [6.45, 7) is 4.34. The van der Waals surface area contributed by atoms with Crippen molar-refractivity contribution in [3.63, 3.8) is 0 Å². The highest BCUT2D eigenvalue weighted by Gasteiger charge is 2.26. The Bertz CT molecular complexity index is 260. The maximum Gasteiger partial charge on any atom is 0.233 e. The highest BCUT2D eigenvalue weighted by atomic mass is 16.5. The van der Waals surface area contributed by atoms with Crippen LogP contribution in [0.1, 0.15) is 19.8 Å². The van der Waals surface area contributed by atoms with Gasteiger partial charge in [0.25, 0.3) is 0 Å². The van der Waals surface area contributed by atoms with Crippen LogP contribution >= 0.6 is 0 Å². The maximum absolute atomic E-state index is 11.4. The van der Waals surface area contributed by atoms with Crippen molar-refractivity contribution >= 4 is 5.91 Å². The van der Waals surface area contributed by atoms with Crippen molar-refractivity contribution in [2.75, 3.05) is 26.2 Å². The van der Waals surface area contributed by atoms with Gasteiger partial charge in [0.2, 0.25) is 5.91 Å². The van der Waals surface area contributed by atoms with E-state index in [-0.39, 0.29) is 12.5 Å². The molecule has 0 bridgehead atoms. The molecule has 0 aromatic heterocycles. The van der Waals surface area contributed by atoms with E-state index in [1.165, 1.54) is 0 Å². The third kappa shape index (κ3) is 4.21. The number of carbonyl (C=O) groups excluding carboxylic acids is 1. The van der Waals surface area contributed by atoms with Gasteiger partial charge in [-0.05, 0) is 12.8 Å². The standard InChI is InChI=1S/C12H20N2O2/c1-3-6-13-9-12(15)14-8-10-5-7-16-11(10)4-2/h1,10-11,13H,4-9H2,2H3,(H,14,15). The minimum atomic E-state index is -0.00277. The first-order valence-electron chi connectivity index (χ1n) is 5.80. The molecule has 4 nitrogen and oxygen atoms in total. The molecule has 4 heteroatoms. The second kappa shape index (κ2) is 7.26. The SMILES string of the molecule is C#CCNCC(=O)NCC1CCOC1CC. The topological polar surface area (TPSA) is 50.4 Å². The van der Waals surface area contributed by atoms with Crippen LogP contribution in [0.5, 0.6) is 0 Å². The average Bonchev–Trinajstić information content (AvgIpc) is 2.74. The van der Waals surface area contributed by atoms with E-state index in [4.69, 9.17) is 11.2 Å². The molecule has 2 atom stereocenters. The average molecular weight is 224 g/mol.